The van der Waals surface area contributed by atoms with E-state index in [2.05, 4.69) is 19.9 Å². The lowest BCUT2D eigenvalue weighted by Gasteiger charge is -2.51. The van der Waals surface area contributed by atoms with Crippen LogP contribution in [-0.4, -0.2) is 62.2 Å². The smallest absolute Gasteiger partial charge is 0.222 e. The number of carbonyl (C=O) groups is 1. The van der Waals surface area contributed by atoms with Gasteiger partial charge in [-0.3, -0.25) is 14.4 Å². The van der Waals surface area contributed by atoms with Crippen LogP contribution in [0.2, 0.25) is 0 Å². The number of rotatable bonds is 5. The van der Waals surface area contributed by atoms with Crippen LogP contribution in [0.1, 0.15) is 37.2 Å². The zero-order valence-corrected chi connectivity index (χ0v) is 16.0. The van der Waals surface area contributed by atoms with Gasteiger partial charge in [-0.25, -0.2) is 9.37 Å². The maximum atomic E-state index is 13.4. The molecular weight excluding hydrogens is 357 g/mol. The molecule has 28 heavy (non-hydrogen) atoms. The molecule has 5 heterocycles. The first-order chi connectivity index (χ1) is 13.7. The van der Waals surface area contributed by atoms with Crippen LogP contribution >= 0.6 is 0 Å². The van der Waals surface area contributed by atoms with Crippen LogP contribution in [0.4, 0.5) is 4.39 Å². The minimum absolute atomic E-state index is 0.204. The highest BCUT2D eigenvalue weighted by atomic mass is 19.1. The predicted molar refractivity (Wildman–Crippen MR) is 102 cm³/mol. The second kappa shape index (κ2) is 7.28. The number of halogens is 1. The average molecular weight is 383 g/mol. The Kier molecular flexibility index (Phi) is 4.62. The molecule has 4 fully saturated rings. The molecule has 0 saturated carbocycles. The van der Waals surface area contributed by atoms with Crippen molar-refractivity contribution in [1.29, 1.82) is 0 Å². The predicted octanol–water partition coefficient (Wildman–Crippen LogP) is 2.29. The number of hydrogen-bond acceptors (Lipinski definition) is 4. The van der Waals surface area contributed by atoms with E-state index in [9.17, 15) is 9.18 Å². The molecule has 0 unspecified atom stereocenters. The summed E-state index contributed by atoms with van der Waals surface area (Å²) in [6, 6.07) is 7.57. The number of amides is 1. The molecule has 4 aliphatic heterocycles. The molecule has 148 valence electrons. The van der Waals surface area contributed by atoms with Gasteiger partial charge in [-0.1, -0.05) is 12.1 Å². The fraction of sp³-hybridized carbons (Fsp3) is 0.571. The highest BCUT2D eigenvalue weighted by Crippen LogP contribution is 2.46. The summed E-state index contributed by atoms with van der Waals surface area (Å²) in [4.78, 5) is 21.8. The van der Waals surface area contributed by atoms with E-state index in [1.807, 2.05) is 12.1 Å². The first-order valence-corrected chi connectivity index (χ1v) is 10.3. The fourth-order valence-electron chi connectivity index (χ4n) is 5.59. The van der Waals surface area contributed by atoms with Crippen molar-refractivity contribution in [3.8, 4) is 0 Å². The number of carbonyl (C=O) groups excluding carboxylic acids is 1. The molecule has 0 N–H and O–H groups in total. The number of benzene rings is 1. The van der Waals surface area contributed by atoms with E-state index in [0.717, 1.165) is 31.6 Å². The normalized spacial score (nSPS) is 31.2. The van der Waals surface area contributed by atoms with Crippen molar-refractivity contribution < 1.29 is 9.18 Å². The second-order valence-corrected chi connectivity index (χ2v) is 8.32. The van der Waals surface area contributed by atoms with E-state index in [0.29, 0.717) is 31.0 Å². The van der Waals surface area contributed by atoms with Gasteiger partial charge in [-0.15, -0.1) is 0 Å². The van der Waals surface area contributed by atoms with E-state index in [1.54, 1.807) is 23.1 Å². The van der Waals surface area contributed by atoms with Crippen molar-refractivity contribution in [2.24, 2.45) is 5.92 Å². The summed E-state index contributed by atoms with van der Waals surface area (Å²) in [6.45, 7) is 3.70. The lowest BCUT2D eigenvalue weighted by molar-refractivity contribution is -0.136. The monoisotopic (exact) mass is 383 g/mol. The first kappa shape index (κ1) is 17.8. The molecule has 0 aliphatic carbocycles. The Bertz CT molecular complexity index is 816. The summed E-state index contributed by atoms with van der Waals surface area (Å²) in [5, 5.41) is 4.11. The van der Waals surface area contributed by atoms with E-state index in [1.165, 1.54) is 19.2 Å². The fourth-order valence-corrected chi connectivity index (χ4v) is 5.59. The average Bonchev–Trinajstić information content (AvgIpc) is 3.38. The third-order valence-corrected chi connectivity index (χ3v) is 6.86. The lowest BCUT2D eigenvalue weighted by Crippen LogP contribution is -2.60. The Balaban J connectivity index is 1.34. The molecule has 1 aromatic carbocycles. The van der Waals surface area contributed by atoms with Gasteiger partial charge >= 0.3 is 0 Å². The van der Waals surface area contributed by atoms with Crippen LogP contribution < -0.4 is 0 Å². The number of likely N-dealkylation sites (tertiary alicyclic amines) is 1. The summed E-state index contributed by atoms with van der Waals surface area (Å²) < 4.78 is 15.2. The van der Waals surface area contributed by atoms with Crippen LogP contribution in [0.5, 0.6) is 0 Å². The summed E-state index contributed by atoms with van der Waals surface area (Å²) in [6.07, 6.45) is 6.87. The van der Waals surface area contributed by atoms with Gasteiger partial charge < -0.3 is 4.90 Å². The molecule has 4 aliphatic rings. The number of fused-ring (bicyclic) bond motifs is 2. The molecule has 4 saturated heterocycles. The van der Waals surface area contributed by atoms with E-state index in [-0.39, 0.29) is 17.6 Å². The molecule has 0 radical (unpaired) electrons. The van der Waals surface area contributed by atoms with Gasteiger partial charge in [0.1, 0.15) is 18.5 Å². The third-order valence-electron chi connectivity index (χ3n) is 6.86. The molecule has 7 heteroatoms. The van der Waals surface area contributed by atoms with Gasteiger partial charge in [0.2, 0.25) is 5.91 Å². The van der Waals surface area contributed by atoms with Gasteiger partial charge in [-0.05, 0) is 56.0 Å². The van der Waals surface area contributed by atoms with Crippen LogP contribution in [0.15, 0.2) is 36.9 Å². The minimum atomic E-state index is -0.204. The third kappa shape index (κ3) is 3.11. The highest BCUT2D eigenvalue weighted by molar-refractivity contribution is 5.77. The number of nitrogens with zero attached hydrogens (tertiary/aromatic N) is 5. The maximum absolute atomic E-state index is 13.4. The zero-order chi connectivity index (χ0) is 19.1. The molecule has 1 amide bonds. The van der Waals surface area contributed by atoms with E-state index < -0.39 is 0 Å². The number of aryl methyl sites for hydroxylation is 1. The molecule has 0 spiro atoms. The summed E-state index contributed by atoms with van der Waals surface area (Å²) in [7, 11) is 0. The molecule has 2 bridgehead atoms. The zero-order valence-electron chi connectivity index (χ0n) is 16.0. The van der Waals surface area contributed by atoms with Crippen molar-refractivity contribution in [3.05, 3.63) is 48.3 Å². The van der Waals surface area contributed by atoms with Gasteiger partial charge in [0.25, 0.3) is 0 Å². The standard InChI is InChI=1S/C21H26FN5O/c22-17-5-3-15(4-6-17)18-12-27(19(28)2-1-9-26-14-23-13-24-26)20-16-7-10-25(11-8-16)21(18)20/h3-6,13-14,16,18,20-21H,1-2,7-12H2/t18-,20+,21+/m0/s1. The molecule has 6 nitrogen and oxygen atoms in total. The molecule has 6 rings (SSSR count). The highest BCUT2D eigenvalue weighted by Gasteiger charge is 2.54. The topological polar surface area (TPSA) is 54.3 Å². The van der Waals surface area contributed by atoms with Crippen molar-refractivity contribution in [2.45, 2.75) is 50.2 Å². The molecule has 2 aromatic rings. The Morgan fingerprint density at radius 1 is 1.14 bits per heavy atom. The van der Waals surface area contributed by atoms with Crippen molar-refractivity contribution in [2.75, 3.05) is 19.6 Å². The van der Waals surface area contributed by atoms with Gasteiger partial charge in [-0.2, -0.15) is 5.10 Å². The Labute approximate surface area is 164 Å². The van der Waals surface area contributed by atoms with Gasteiger partial charge in [0.05, 0.1) is 6.04 Å². The van der Waals surface area contributed by atoms with Crippen LogP contribution in [-0.2, 0) is 11.3 Å². The minimum Gasteiger partial charge on any atom is -0.337 e. The number of piperidine rings is 3. The van der Waals surface area contributed by atoms with Crippen molar-refractivity contribution in [1.82, 2.24) is 24.6 Å². The number of aromatic nitrogens is 3. The summed E-state index contributed by atoms with van der Waals surface area (Å²) in [5.41, 5.74) is 1.15. The van der Waals surface area contributed by atoms with Crippen LogP contribution in [0.3, 0.4) is 0 Å². The van der Waals surface area contributed by atoms with Crippen molar-refractivity contribution in [3.63, 3.8) is 0 Å². The first-order valence-electron chi connectivity index (χ1n) is 10.3. The maximum Gasteiger partial charge on any atom is 0.222 e. The van der Waals surface area contributed by atoms with Gasteiger partial charge in [0, 0.05) is 31.5 Å². The SMILES string of the molecule is O=C(CCCn1cncn1)N1C[C@@H](c2ccc(F)cc2)[C@@H]2[C@H]1C1CCN2CC1. The molecular formula is C21H26FN5O. The van der Waals surface area contributed by atoms with Crippen LogP contribution in [0, 0.1) is 11.7 Å². The Morgan fingerprint density at radius 3 is 2.64 bits per heavy atom. The Morgan fingerprint density at radius 2 is 1.93 bits per heavy atom. The number of hydrogen-bond donors (Lipinski definition) is 0. The second-order valence-electron chi connectivity index (χ2n) is 8.32. The summed E-state index contributed by atoms with van der Waals surface area (Å²) >= 11 is 0. The van der Waals surface area contributed by atoms with Crippen LogP contribution in [0.25, 0.3) is 0 Å². The van der Waals surface area contributed by atoms with E-state index >= 15 is 0 Å². The van der Waals surface area contributed by atoms with E-state index in [4.69, 9.17) is 0 Å². The largest absolute Gasteiger partial charge is 0.337 e. The summed E-state index contributed by atoms with van der Waals surface area (Å²) in [5.74, 6) is 0.908. The molecule has 1 aromatic heterocycles. The molecule has 3 atom stereocenters. The quantitative estimate of drug-likeness (QED) is 0.795. The van der Waals surface area contributed by atoms with Crippen molar-refractivity contribution >= 4 is 5.91 Å². The Hall–Kier alpha value is -2.28. The lowest BCUT2D eigenvalue weighted by atomic mass is 9.75. The van der Waals surface area contributed by atoms with Gasteiger partial charge in [0.15, 0.2) is 0 Å².